The van der Waals surface area contributed by atoms with Gasteiger partial charge in [0.05, 0.1) is 25.3 Å². The van der Waals surface area contributed by atoms with Crippen molar-refractivity contribution in [3.8, 4) is 17.0 Å². The van der Waals surface area contributed by atoms with Crippen LogP contribution in [0.25, 0.3) is 11.3 Å². The van der Waals surface area contributed by atoms with Crippen molar-refractivity contribution in [1.29, 1.82) is 0 Å². The summed E-state index contributed by atoms with van der Waals surface area (Å²) in [6.45, 7) is 3.38. The highest BCUT2D eigenvalue weighted by Gasteiger charge is 2.19. The third-order valence-corrected chi connectivity index (χ3v) is 5.58. The van der Waals surface area contributed by atoms with E-state index in [1.165, 1.54) is 18.3 Å². The number of benzene rings is 2. The van der Waals surface area contributed by atoms with Gasteiger partial charge >= 0.3 is 0 Å². The van der Waals surface area contributed by atoms with Gasteiger partial charge in [-0.2, -0.15) is 0 Å². The van der Waals surface area contributed by atoms with E-state index < -0.39 is 6.04 Å². The van der Waals surface area contributed by atoms with Crippen LogP contribution in [0.3, 0.4) is 0 Å². The van der Waals surface area contributed by atoms with E-state index in [0.717, 1.165) is 27.4 Å². The summed E-state index contributed by atoms with van der Waals surface area (Å²) in [6.07, 6.45) is 0.0811. The van der Waals surface area contributed by atoms with E-state index in [1.54, 1.807) is 31.4 Å². The van der Waals surface area contributed by atoms with Crippen LogP contribution in [0.2, 0.25) is 5.02 Å². The highest BCUT2D eigenvalue weighted by molar-refractivity contribution is 7.16. The van der Waals surface area contributed by atoms with Gasteiger partial charge in [0.25, 0.3) is 0 Å². The van der Waals surface area contributed by atoms with E-state index in [2.05, 4.69) is 15.6 Å². The monoisotopic (exact) mass is 443 g/mol. The average Bonchev–Trinajstić information content (AvgIpc) is 3.07. The third kappa shape index (κ3) is 5.58. The second-order valence-corrected chi connectivity index (χ2v) is 8.35. The molecule has 3 aromatic rings. The second kappa shape index (κ2) is 9.73. The molecule has 8 heteroatoms. The Morgan fingerprint density at radius 1 is 1.13 bits per heavy atom. The second-order valence-electron chi connectivity index (χ2n) is 6.71. The largest absolute Gasteiger partial charge is 0.497 e. The Morgan fingerprint density at radius 3 is 2.40 bits per heavy atom. The molecule has 0 saturated carbocycles. The maximum atomic E-state index is 12.6. The maximum Gasteiger partial charge on any atom is 0.228 e. The number of aromatic nitrogens is 1. The lowest BCUT2D eigenvalue weighted by Gasteiger charge is -2.17. The number of nitrogens with one attached hydrogen (secondary N) is 2. The molecule has 0 aliphatic carbocycles. The number of ether oxygens (including phenoxy) is 1. The van der Waals surface area contributed by atoms with Crippen molar-refractivity contribution < 1.29 is 14.3 Å². The van der Waals surface area contributed by atoms with Gasteiger partial charge in [-0.25, -0.2) is 4.98 Å². The molecule has 2 N–H and O–H groups in total. The van der Waals surface area contributed by atoms with E-state index in [1.807, 2.05) is 31.2 Å². The van der Waals surface area contributed by atoms with Gasteiger partial charge < -0.3 is 15.4 Å². The summed E-state index contributed by atoms with van der Waals surface area (Å²) in [7, 11) is 1.62. The van der Waals surface area contributed by atoms with Crippen molar-refractivity contribution in [3.05, 3.63) is 64.0 Å². The normalized spacial score (nSPS) is 11.6. The molecule has 6 nitrogen and oxygen atoms in total. The minimum atomic E-state index is -0.457. The zero-order valence-electron chi connectivity index (χ0n) is 16.9. The van der Waals surface area contributed by atoms with Crippen LogP contribution in [0.4, 0.5) is 5.13 Å². The summed E-state index contributed by atoms with van der Waals surface area (Å²) < 4.78 is 5.19. The quantitative estimate of drug-likeness (QED) is 0.539. The molecule has 0 bridgehead atoms. The van der Waals surface area contributed by atoms with Crippen molar-refractivity contribution in [2.45, 2.75) is 26.3 Å². The van der Waals surface area contributed by atoms with Gasteiger partial charge in [0.15, 0.2) is 5.13 Å². The van der Waals surface area contributed by atoms with E-state index in [9.17, 15) is 9.59 Å². The van der Waals surface area contributed by atoms with Gasteiger partial charge in [-0.3, -0.25) is 9.59 Å². The predicted octanol–water partition coefficient (Wildman–Crippen LogP) is 4.99. The first kappa shape index (κ1) is 21.8. The maximum absolute atomic E-state index is 12.6. The number of halogens is 1. The predicted molar refractivity (Wildman–Crippen MR) is 120 cm³/mol. The molecule has 1 unspecified atom stereocenters. The number of rotatable bonds is 7. The van der Waals surface area contributed by atoms with Gasteiger partial charge in [-0.1, -0.05) is 23.7 Å². The fourth-order valence-electron chi connectivity index (χ4n) is 3.01. The zero-order chi connectivity index (χ0) is 21.7. The Bertz CT molecular complexity index is 1030. The van der Waals surface area contributed by atoms with Crippen LogP contribution in [0.5, 0.6) is 5.75 Å². The number of carbonyl (C=O) groups is 2. The first-order valence-electron chi connectivity index (χ1n) is 9.30. The van der Waals surface area contributed by atoms with Crippen LogP contribution in [0.1, 0.15) is 29.8 Å². The summed E-state index contributed by atoms with van der Waals surface area (Å²) >= 11 is 7.35. The Morgan fingerprint density at radius 2 is 1.80 bits per heavy atom. The highest BCUT2D eigenvalue weighted by atomic mass is 35.5. The number of hydrogen-bond acceptors (Lipinski definition) is 5. The van der Waals surface area contributed by atoms with Gasteiger partial charge in [-0.05, 0) is 48.9 Å². The molecule has 1 atom stereocenters. The van der Waals surface area contributed by atoms with Crippen molar-refractivity contribution in [2.24, 2.45) is 0 Å². The van der Waals surface area contributed by atoms with E-state index in [-0.39, 0.29) is 18.2 Å². The summed E-state index contributed by atoms with van der Waals surface area (Å²) in [4.78, 5) is 29.8. The highest BCUT2D eigenvalue weighted by Crippen LogP contribution is 2.31. The lowest BCUT2D eigenvalue weighted by Crippen LogP contribution is -2.29. The van der Waals surface area contributed by atoms with Crippen LogP contribution in [-0.4, -0.2) is 23.9 Å². The summed E-state index contributed by atoms with van der Waals surface area (Å²) in [5.41, 5.74) is 2.57. The SMILES string of the molecule is COc1ccc(-c2nc(NC(=O)CC(NC(C)=O)c3ccc(Cl)cc3)sc2C)cc1. The number of nitrogens with zero attached hydrogens (tertiary/aromatic N) is 1. The summed E-state index contributed by atoms with van der Waals surface area (Å²) in [5.74, 6) is 0.319. The molecular weight excluding hydrogens is 422 g/mol. The van der Waals surface area contributed by atoms with Crippen LogP contribution in [0, 0.1) is 6.92 Å². The molecule has 1 aromatic heterocycles. The van der Waals surface area contributed by atoms with Gasteiger partial charge in [-0.15, -0.1) is 11.3 Å². The van der Waals surface area contributed by atoms with Gasteiger partial charge in [0, 0.05) is 22.4 Å². The van der Waals surface area contributed by atoms with Crippen molar-refractivity contribution in [2.75, 3.05) is 12.4 Å². The zero-order valence-corrected chi connectivity index (χ0v) is 18.4. The molecule has 0 spiro atoms. The number of amides is 2. The van der Waals surface area contributed by atoms with Gasteiger partial charge in [0.1, 0.15) is 5.75 Å². The van der Waals surface area contributed by atoms with Crippen molar-refractivity contribution >= 4 is 39.9 Å². The minimum absolute atomic E-state index is 0.0811. The van der Waals surface area contributed by atoms with Crippen LogP contribution >= 0.6 is 22.9 Å². The molecule has 1 heterocycles. The topological polar surface area (TPSA) is 80.3 Å². The number of anilines is 1. The first-order valence-corrected chi connectivity index (χ1v) is 10.5. The Hall–Kier alpha value is -2.90. The van der Waals surface area contributed by atoms with Gasteiger partial charge in [0.2, 0.25) is 11.8 Å². The molecule has 0 fully saturated rings. The van der Waals surface area contributed by atoms with E-state index >= 15 is 0 Å². The molecule has 2 amide bonds. The summed E-state index contributed by atoms with van der Waals surface area (Å²) in [5, 5.41) is 6.77. The number of aryl methyl sites for hydroxylation is 1. The van der Waals surface area contributed by atoms with E-state index in [4.69, 9.17) is 16.3 Å². The van der Waals surface area contributed by atoms with Crippen LogP contribution < -0.4 is 15.4 Å². The molecule has 0 saturated heterocycles. The average molecular weight is 444 g/mol. The number of thiazole rings is 1. The third-order valence-electron chi connectivity index (χ3n) is 4.45. The first-order chi connectivity index (χ1) is 14.4. The fourth-order valence-corrected chi connectivity index (χ4v) is 3.99. The molecule has 0 radical (unpaired) electrons. The molecule has 3 rings (SSSR count). The lowest BCUT2D eigenvalue weighted by atomic mass is 10.0. The van der Waals surface area contributed by atoms with Crippen LogP contribution in [0.15, 0.2) is 48.5 Å². The molecule has 156 valence electrons. The minimum Gasteiger partial charge on any atom is -0.497 e. The molecule has 0 aliphatic heterocycles. The Kier molecular flexibility index (Phi) is 7.07. The van der Waals surface area contributed by atoms with Crippen LogP contribution in [-0.2, 0) is 9.59 Å². The van der Waals surface area contributed by atoms with E-state index in [0.29, 0.717) is 10.2 Å². The number of hydrogen-bond donors (Lipinski definition) is 2. The lowest BCUT2D eigenvalue weighted by molar-refractivity contribution is -0.120. The number of carbonyl (C=O) groups excluding carboxylic acids is 2. The number of methoxy groups -OCH3 is 1. The Balaban J connectivity index is 1.72. The molecule has 0 aliphatic rings. The molecule has 30 heavy (non-hydrogen) atoms. The Labute approximate surface area is 184 Å². The smallest absolute Gasteiger partial charge is 0.228 e. The standard InChI is InChI=1S/C22H22ClN3O3S/c1-13-21(16-6-10-18(29-3)11-7-16)26-22(30-13)25-20(28)12-19(24-14(2)27)15-4-8-17(23)9-5-15/h4-11,19H,12H2,1-3H3,(H,24,27)(H,25,26,28). The molecule has 2 aromatic carbocycles. The molecular formula is C22H22ClN3O3S. The summed E-state index contributed by atoms with van der Waals surface area (Å²) in [6, 6.07) is 14.2. The van der Waals surface area contributed by atoms with Crippen molar-refractivity contribution in [3.63, 3.8) is 0 Å². The van der Waals surface area contributed by atoms with Crippen molar-refractivity contribution in [1.82, 2.24) is 10.3 Å². The fraction of sp³-hybridized carbons (Fsp3) is 0.227.